The van der Waals surface area contributed by atoms with Crippen molar-refractivity contribution in [3.63, 3.8) is 0 Å². The maximum Gasteiger partial charge on any atom is 0.327 e. The van der Waals surface area contributed by atoms with Crippen molar-refractivity contribution in [1.82, 2.24) is 5.32 Å². The Bertz CT molecular complexity index is 524. The Morgan fingerprint density at radius 3 is 2.90 bits per heavy atom. The number of carbonyl (C=O) groups excluding carboxylic acids is 1. The van der Waals surface area contributed by atoms with Gasteiger partial charge >= 0.3 is 5.97 Å². The summed E-state index contributed by atoms with van der Waals surface area (Å²) in [5.74, 6) is -0.282. The van der Waals surface area contributed by atoms with E-state index in [1.807, 2.05) is 32.0 Å². The Kier molecular flexibility index (Phi) is 7.29. The van der Waals surface area contributed by atoms with Crippen LogP contribution >= 0.6 is 0 Å². The SMILES string of the molecule is CCOC(=O)C(NCCCN=[N+]=[N-])c1cc(C)ccc1C. The minimum absolute atomic E-state index is 0.282. The number of rotatable bonds is 8. The van der Waals surface area contributed by atoms with Crippen LogP contribution in [-0.2, 0) is 9.53 Å². The van der Waals surface area contributed by atoms with Crippen molar-refractivity contribution in [2.75, 3.05) is 19.7 Å². The summed E-state index contributed by atoms with van der Waals surface area (Å²) in [7, 11) is 0. The summed E-state index contributed by atoms with van der Waals surface area (Å²) < 4.78 is 5.15. The van der Waals surface area contributed by atoms with Gasteiger partial charge in [0.1, 0.15) is 6.04 Å². The number of nitrogens with zero attached hydrogens (tertiary/aromatic N) is 3. The summed E-state index contributed by atoms with van der Waals surface area (Å²) in [5, 5.41) is 6.67. The smallest absolute Gasteiger partial charge is 0.327 e. The highest BCUT2D eigenvalue weighted by Crippen LogP contribution is 2.20. The number of hydrogen-bond acceptors (Lipinski definition) is 4. The molecule has 0 heterocycles. The van der Waals surface area contributed by atoms with Gasteiger partial charge in [0.25, 0.3) is 0 Å². The topological polar surface area (TPSA) is 87.1 Å². The molecule has 0 spiro atoms. The number of aryl methyl sites for hydroxylation is 2. The molecule has 1 aromatic rings. The van der Waals surface area contributed by atoms with Crippen molar-refractivity contribution >= 4 is 5.97 Å². The Morgan fingerprint density at radius 1 is 1.48 bits per heavy atom. The summed E-state index contributed by atoms with van der Waals surface area (Å²) in [4.78, 5) is 14.9. The summed E-state index contributed by atoms with van der Waals surface area (Å²) >= 11 is 0. The quantitative estimate of drug-likeness (QED) is 0.262. The third-order valence-corrected chi connectivity index (χ3v) is 3.11. The summed E-state index contributed by atoms with van der Waals surface area (Å²) in [6.45, 7) is 7.09. The van der Waals surface area contributed by atoms with Gasteiger partial charge in [-0.15, -0.1) is 0 Å². The van der Waals surface area contributed by atoms with Crippen LogP contribution in [0.25, 0.3) is 10.4 Å². The molecule has 0 aliphatic heterocycles. The van der Waals surface area contributed by atoms with Crippen LogP contribution in [0, 0.1) is 13.8 Å². The Balaban J connectivity index is 2.83. The fraction of sp³-hybridized carbons (Fsp3) is 0.533. The average Bonchev–Trinajstić information content (AvgIpc) is 2.46. The lowest BCUT2D eigenvalue weighted by Gasteiger charge is -2.20. The molecule has 0 bridgehead atoms. The van der Waals surface area contributed by atoms with E-state index in [2.05, 4.69) is 15.3 Å². The lowest BCUT2D eigenvalue weighted by molar-refractivity contribution is -0.145. The van der Waals surface area contributed by atoms with Gasteiger partial charge in [0.05, 0.1) is 6.61 Å². The molecule has 0 saturated heterocycles. The van der Waals surface area contributed by atoms with Crippen LogP contribution in [-0.4, -0.2) is 25.7 Å². The van der Waals surface area contributed by atoms with E-state index in [0.29, 0.717) is 26.1 Å². The van der Waals surface area contributed by atoms with Crippen molar-refractivity contribution in [3.05, 3.63) is 45.3 Å². The van der Waals surface area contributed by atoms with Gasteiger partial charge in [0.2, 0.25) is 0 Å². The van der Waals surface area contributed by atoms with Gasteiger partial charge < -0.3 is 10.1 Å². The van der Waals surface area contributed by atoms with Crippen molar-refractivity contribution in [1.29, 1.82) is 0 Å². The number of ether oxygens (including phenoxy) is 1. The van der Waals surface area contributed by atoms with Gasteiger partial charge in [-0.3, -0.25) is 0 Å². The zero-order valence-corrected chi connectivity index (χ0v) is 12.8. The Labute approximate surface area is 125 Å². The normalized spacial score (nSPS) is 11.6. The van der Waals surface area contributed by atoms with Gasteiger partial charge in [0, 0.05) is 11.5 Å². The highest BCUT2D eigenvalue weighted by molar-refractivity contribution is 5.78. The number of benzene rings is 1. The van der Waals surface area contributed by atoms with Crippen molar-refractivity contribution in [3.8, 4) is 0 Å². The van der Waals surface area contributed by atoms with E-state index >= 15 is 0 Å². The predicted octanol–water partition coefficient (Wildman–Crippen LogP) is 3.20. The largest absolute Gasteiger partial charge is 0.465 e. The molecular formula is C15H22N4O2. The van der Waals surface area contributed by atoms with Crippen LogP contribution in [0.2, 0.25) is 0 Å². The lowest BCUT2D eigenvalue weighted by Crippen LogP contribution is -2.32. The first-order valence-corrected chi connectivity index (χ1v) is 7.08. The fourth-order valence-corrected chi connectivity index (χ4v) is 2.06. The Hall–Kier alpha value is -2.04. The van der Waals surface area contributed by atoms with Gasteiger partial charge in [0.15, 0.2) is 0 Å². The van der Waals surface area contributed by atoms with Crippen LogP contribution in [0.3, 0.4) is 0 Å². The third kappa shape index (κ3) is 5.45. The number of carbonyl (C=O) groups is 1. The van der Waals surface area contributed by atoms with E-state index in [-0.39, 0.29) is 5.97 Å². The zero-order chi connectivity index (χ0) is 15.7. The summed E-state index contributed by atoms with van der Waals surface area (Å²) in [6, 6.07) is 5.52. The monoisotopic (exact) mass is 290 g/mol. The fourth-order valence-electron chi connectivity index (χ4n) is 2.06. The minimum Gasteiger partial charge on any atom is -0.465 e. The lowest BCUT2D eigenvalue weighted by atomic mass is 9.99. The molecule has 114 valence electrons. The Morgan fingerprint density at radius 2 is 2.24 bits per heavy atom. The predicted molar refractivity (Wildman–Crippen MR) is 81.9 cm³/mol. The van der Waals surface area contributed by atoms with Crippen LogP contribution in [0.4, 0.5) is 0 Å². The number of esters is 1. The summed E-state index contributed by atoms with van der Waals surface area (Å²) in [5.41, 5.74) is 11.3. The van der Waals surface area contributed by atoms with Gasteiger partial charge in [-0.25, -0.2) is 4.79 Å². The molecule has 0 radical (unpaired) electrons. The van der Waals surface area contributed by atoms with Crippen LogP contribution in [0.15, 0.2) is 23.3 Å². The molecule has 21 heavy (non-hydrogen) atoms. The number of nitrogens with one attached hydrogen (secondary N) is 1. The standard InChI is InChI=1S/C15H22N4O2/c1-4-21-15(20)14(17-8-5-9-18-19-16)13-10-11(2)6-7-12(13)3/h6-7,10,14,17H,4-5,8-9H2,1-3H3. The first kappa shape index (κ1) is 17.0. The molecule has 6 nitrogen and oxygen atoms in total. The van der Waals surface area contributed by atoms with Crippen molar-refractivity contribution in [2.24, 2.45) is 5.11 Å². The molecule has 0 amide bonds. The van der Waals surface area contributed by atoms with Gasteiger partial charge in [-0.05, 0) is 50.4 Å². The van der Waals surface area contributed by atoms with Crippen molar-refractivity contribution in [2.45, 2.75) is 33.2 Å². The highest BCUT2D eigenvalue weighted by atomic mass is 16.5. The minimum atomic E-state index is -0.490. The van der Waals surface area contributed by atoms with E-state index in [1.54, 1.807) is 6.92 Å². The molecular weight excluding hydrogens is 268 g/mol. The van der Waals surface area contributed by atoms with Crippen molar-refractivity contribution < 1.29 is 9.53 Å². The van der Waals surface area contributed by atoms with Gasteiger partial charge in [-0.2, -0.15) is 0 Å². The highest BCUT2D eigenvalue weighted by Gasteiger charge is 2.22. The molecule has 0 fully saturated rings. The third-order valence-electron chi connectivity index (χ3n) is 3.11. The van der Waals surface area contributed by atoms with E-state index in [1.165, 1.54) is 0 Å². The molecule has 0 aromatic heterocycles. The molecule has 0 aliphatic rings. The first-order valence-electron chi connectivity index (χ1n) is 7.08. The average molecular weight is 290 g/mol. The molecule has 6 heteroatoms. The maximum absolute atomic E-state index is 12.2. The van der Waals surface area contributed by atoms with Gasteiger partial charge in [-0.1, -0.05) is 28.9 Å². The molecule has 1 rings (SSSR count). The first-order chi connectivity index (χ1) is 10.1. The zero-order valence-electron chi connectivity index (χ0n) is 12.8. The van der Waals surface area contributed by atoms with E-state index in [0.717, 1.165) is 16.7 Å². The molecule has 0 aliphatic carbocycles. The second-order valence-corrected chi connectivity index (χ2v) is 4.81. The van der Waals surface area contributed by atoms with E-state index in [9.17, 15) is 4.79 Å². The van der Waals surface area contributed by atoms with Crippen LogP contribution in [0.5, 0.6) is 0 Å². The van der Waals surface area contributed by atoms with E-state index in [4.69, 9.17) is 10.3 Å². The molecule has 1 N–H and O–H groups in total. The molecule has 1 atom stereocenters. The molecule has 1 unspecified atom stereocenters. The maximum atomic E-state index is 12.2. The second kappa shape index (κ2) is 9.00. The van der Waals surface area contributed by atoms with Crippen LogP contribution < -0.4 is 5.32 Å². The molecule has 1 aromatic carbocycles. The van der Waals surface area contributed by atoms with E-state index < -0.39 is 6.04 Å². The number of azide groups is 1. The molecule has 0 saturated carbocycles. The second-order valence-electron chi connectivity index (χ2n) is 4.81. The van der Waals surface area contributed by atoms with Crippen LogP contribution in [0.1, 0.15) is 36.1 Å². The summed E-state index contributed by atoms with van der Waals surface area (Å²) in [6.07, 6.45) is 0.671. The number of hydrogen-bond donors (Lipinski definition) is 1.